The Kier molecular flexibility index (Phi) is 5.52. The van der Waals surface area contributed by atoms with Crippen LogP contribution in [-0.2, 0) is 14.2 Å². The number of ether oxygens (including phenoxy) is 3. The summed E-state index contributed by atoms with van der Waals surface area (Å²) < 4.78 is 16.4. The summed E-state index contributed by atoms with van der Waals surface area (Å²) in [5.41, 5.74) is 11.3. The lowest BCUT2D eigenvalue weighted by Crippen LogP contribution is -2.64. The minimum Gasteiger partial charge on any atom is -0.394 e. The smallest absolute Gasteiger partial charge is 0.176 e. The quantitative estimate of drug-likeness (QED) is 0.306. The van der Waals surface area contributed by atoms with E-state index < -0.39 is 55.1 Å². The van der Waals surface area contributed by atoms with Gasteiger partial charge in [-0.25, -0.2) is 0 Å². The highest BCUT2D eigenvalue weighted by Gasteiger charge is 2.48. The maximum absolute atomic E-state index is 10.0. The Bertz CT molecular complexity index is 346. The van der Waals surface area contributed by atoms with Gasteiger partial charge in [-0.15, -0.1) is 0 Å². The molecule has 0 amide bonds. The SMILES string of the molecule is C[C@@H]1O[C@H](CO)[C@@H](O[C@H]2O[C@@H](CN)[C@@H](O)[C@H](O)[C@H]2N)[C@H]1O. The molecule has 2 heterocycles. The van der Waals surface area contributed by atoms with Gasteiger partial charge in [-0.2, -0.15) is 0 Å². The molecule has 0 aromatic heterocycles. The molecular formula is C12H24N2O7. The summed E-state index contributed by atoms with van der Waals surface area (Å²) in [4.78, 5) is 0. The highest BCUT2D eigenvalue weighted by Crippen LogP contribution is 2.28. The van der Waals surface area contributed by atoms with Gasteiger partial charge in [-0.1, -0.05) is 0 Å². The van der Waals surface area contributed by atoms with E-state index in [0.29, 0.717) is 0 Å². The third-order valence-corrected chi connectivity index (χ3v) is 4.03. The molecule has 0 radical (unpaired) electrons. The largest absolute Gasteiger partial charge is 0.394 e. The Hall–Kier alpha value is -0.360. The summed E-state index contributed by atoms with van der Waals surface area (Å²) in [6, 6.07) is -1.01. The van der Waals surface area contributed by atoms with E-state index in [1.165, 1.54) is 0 Å². The molecule has 0 bridgehead atoms. The molecular weight excluding hydrogens is 284 g/mol. The molecule has 0 saturated carbocycles. The molecule has 124 valence electrons. The van der Waals surface area contributed by atoms with Crippen LogP contribution in [0.2, 0.25) is 0 Å². The number of aliphatic hydroxyl groups excluding tert-OH is 4. The molecule has 8 N–H and O–H groups in total. The van der Waals surface area contributed by atoms with Crippen molar-refractivity contribution in [1.29, 1.82) is 0 Å². The molecule has 0 aromatic rings. The van der Waals surface area contributed by atoms with Crippen molar-refractivity contribution in [2.75, 3.05) is 13.2 Å². The fourth-order valence-electron chi connectivity index (χ4n) is 2.66. The van der Waals surface area contributed by atoms with E-state index >= 15 is 0 Å². The molecule has 21 heavy (non-hydrogen) atoms. The van der Waals surface area contributed by atoms with E-state index in [2.05, 4.69) is 0 Å². The van der Waals surface area contributed by atoms with Gasteiger partial charge >= 0.3 is 0 Å². The zero-order valence-corrected chi connectivity index (χ0v) is 11.8. The summed E-state index contributed by atoms with van der Waals surface area (Å²) in [7, 11) is 0. The van der Waals surface area contributed by atoms with Gasteiger partial charge in [0, 0.05) is 6.54 Å². The van der Waals surface area contributed by atoms with Gasteiger partial charge in [0.2, 0.25) is 0 Å². The average Bonchev–Trinajstić information content (AvgIpc) is 2.75. The monoisotopic (exact) mass is 308 g/mol. The minimum absolute atomic E-state index is 0.0195. The van der Waals surface area contributed by atoms with Gasteiger partial charge < -0.3 is 46.1 Å². The zero-order chi connectivity index (χ0) is 15.7. The molecule has 2 saturated heterocycles. The van der Waals surface area contributed by atoms with Crippen molar-refractivity contribution < 1.29 is 34.6 Å². The van der Waals surface area contributed by atoms with Crippen LogP contribution in [0.4, 0.5) is 0 Å². The second-order valence-corrected chi connectivity index (χ2v) is 5.49. The van der Waals surface area contributed by atoms with E-state index in [4.69, 9.17) is 25.7 Å². The topological polar surface area (TPSA) is 161 Å². The number of hydrogen-bond donors (Lipinski definition) is 6. The summed E-state index contributed by atoms with van der Waals surface area (Å²) in [5.74, 6) is 0. The normalized spacial score (nSPS) is 51.3. The molecule has 2 aliphatic heterocycles. The molecule has 9 heteroatoms. The predicted octanol–water partition coefficient (Wildman–Crippen LogP) is -3.76. The predicted molar refractivity (Wildman–Crippen MR) is 70.0 cm³/mol. The summed E-state index contributed by atoms with van der Waals surface area (Å²) in [5, 5.41) is 39.0. The Morgan fingerprint density at radius 1 is 1.05 bits per heavy atom. The molecule has 9 nitrogen and oxygen atoms in total. The van der Waals surface area contributed by atoms with Crippen molar-refractivity contribution in [3.63, 3.8) is 0 Å². The third-order valence-electron chi connectivity index (χ3n) is 4.03. The Balaban J connectivity index is 2.07. The van der Waals surface area contributed by atoms with Crippen LogP contribution < -0.4 is 11.5 Å². The first kappa shape index (κ1) is 17.0. The van der Waals surface area contributed by atoms with Gasteiger partial charge in [0.25, 0.3) is 0 Å². The first-order valence-corrected chi connectivity index (χ1v) is 6.97. The maximum Gasteiger partial charge on any atom is 0.176 e. The van der Waals surface area contributed by atoms with Gasteiger partial charge in [0.05, 0.1) is 18.8 Å². The Morgan fingerprint density at radius 3 is 2.29 bits per heavy atom. The van der Waals surface area contributed by atoms with Crippen molar-refractivity contribution in [2.24, 2.45) is 11.5 Å². The summed E-state index contributed by atoms with van der Waals surface area (Å²) in [6.45, 7) is 1.30. The zero-order valence-electron chi connectivity index (χ0n) is 11.8. The van der Waals surface area contributed by atoms with Gasteiger partial charge in [-0.05, 0) is 6.92 Å². The lowest BCUT2D eigenvalue weighted by Gasteiger charge is -2.42. The number of rotatable bonds is 4. The number of hydrogen-bond acceptors (Lipinski definition) is 9. The highest BCUT2D eigenvalue weighted by atomic mass is 16.7. The van der Waals surface area contributed by atoms with E-state index in [1.54, 1.807) is 6.92 Å². The molecule has 0 unspecified atom stereocenters. The fourth-order valence-corrected chi connectivity index (χ4v) is 2.66. The van der Waals surface area contributed by atoms with Gasteiger partial charge in [-0.3, -0.25) is 0 Å². The van der Waals surface area contributed by atoms with Crippen molar-refractivity contribution in [3.8, 4) is 0 Å². The van der Waals surface area contributed by atoms with Crippen LogP contribution in [0.15, 0.2) is 0 Å². The number of nitrogens with two attached hydrogens (primary N) is 2. The van der Waals surface area contributed by atoms with Crippen LogP contribution in [0.3, 0.4) is 0 Å². The summed E-state index contributed by atoms with van der Waals surface area (Å²) >= 11 is 0. The molecule has 0 aliphatic carbocycles. The molecule has 9 atom stereocenters. The van der Waals surface area contributed by atoms with Crippen LogP contribution in [0.5, 0.6) is 0 Å². The molecule has 0 aromatic carbocycles. The third kappa shape index (κ3) is 3.21. The first-order valence-electron chi connectivity index (χ1n) is 6.97. The van der Waals surface area contributed by atoms with Crippen molar-refractivity contribution in [2.45, 2.75) is 62.0 Å². The van der Waals surface area contributed by atoms with Crippen LogP contribution in [-0.4, -0.2) is 88.6 Å². The standard InChI is InChI=1S/C12H24N2O7/c1-4-8(16)11(6(3-15)19-4)21-12-7(14)10(18)9(17)5(2-13)20-12/h4-12,15-18H,2-3,13-14H2,1H3/t4-,5-,6+,7+,8-,9+,10+,11+,12+/m0/s1. The minimum atomic E-state index is -1.26. The lowest BCUT2D eigenvalue weighted by atomic mass is 9.97. The summed E-state index contributed by atoms with van der Waals surface area (Å²) in [6.07, 6.45) is -7.39. The van der Waals surface area contributed by atoms with Crippen molar-refractivity contribution in [1.82, 2.24) is 0 Å². The lowest BCUT2D eigenvalue weighted by molar-refractivity contribution is -0.279. The van der Waals surface area contributed by atoms with E-state index in [0.717, 1.165) is 0 Å². The maximum atomic E-state index is 10.0. The second-order valence-electron chi connectivity index (χ2n) is 5.49. The van der Waals surface area contributed by atoms with Crippen molar-refractivity contribution in [3.05, 3.63) is 0 Å². The van der Waals surface area contributed by atoms with Gasteiger partial charge in [0.15, 0.2) is 6.29 Å². The molecule has 2 fully saturated rings. The molecule has 2 aliphatic rings. The van der Waals surface area contributed by atoms with E-state index in [-0.39, 0.29) is 13.2 Å². The van der Waals surface area contributed by atoms with Crippen molar-refractivity contribution >= 4 is 0 Å². The highest BCUT2D eigenvalue weighted by molar-refractivity contribution is 4.95. The Morgan fingerprint density at radius 2 is 1.71 bits per heavy atom. The first-order chi connectivity index (χ1) is 9.90. The average molecular weight is 308 g/mol. The van der Waals surface area contributed by atoms with Crippen LogP contribution >= 0.6 is 0 Å². The van der Waals surface area contributed by atoms with Crippen LogP contribution in [0.25, 0.3) is 0 Å². The van der Waals surface area contributed by atoms with Crippen LogP contribution in [0, 0.1) is 0 Å². The fraction of sp³-hybridized carbons (Fsp3) is 1.00. The molecule has 0 spiro atoms. The second kappa shape index (κ2) is 6.82. The van der Waals surface area contributed by atoms with Crippen LogP contribution in [0.1, 0.15) is 6.92 Å². The van der Waals surface area contributed by atoms with Gasteiger partial charge in [0.1, 0.15) is 36.6 Å². The Labute approximate surface area is 122 Å². The van der Waals surface area contributed by atoms with E-state index in [9.17, 15) is 20.4 Å². The van der Waals surface area contributed by atoms with E-state index in [1.807, 2.05) is 0 Å². The number of aliphatic hydroxyl groups is 4. The molecule has 2 rings (SSSR count).